The zero-order valence-electron chi connectivity index (χ0n) is 14.7. The minimum atomic E-state index is -3.51. The minimum Gasteiger partial charge on any atom is -0.335 e. The van der Waals surface area contributed by atoms with Gasteiger partial charge in [0.15, 0.2) is 0 Å². The van der Waals surface area contributed by atoms with Crippen LogP contribution in [-0.4, -0.2) is 49.7 Å². The molecule has 134 valence electrons. The number of piperazine rings is 1. The molecule has 0 aliphatic carbocycles. The number of nitrogens with zero attached hydrogens (tertiary/aromatic N) is 2. The highest BCUT2D eigenvalue weighted by atomic mass is 32.2. The van der Waals surface area contributed by atoms with Gasteiger partial charge in [0, 0.05) is 31.1 Å². The molecule has 2 aromatic rings. The Kier molecular flexibility index (Phi) is 4.99. The molecule has 3 rings (SSSR count). The van der Waals surface area contributed by atoms with Crippen molar-refractivity contribution in [3.05, 3.63) is 51.2 Å². The number of hydrogen-bond donors (Lipinski definition) is 0. The normalized spacial score (nSPS) is 16.2. The van der Waals surface area contributed by atoms with Crippen LogP contribution in [0.3, 0.4) is 0 Å². The van der Waals surface area contributed by atoms with E-state index < -0.39 is 10.0 Å². The highest BCUT2D eigenvalue weighted by Crippen LogP contribution is 2.22. The third kappa shape index (κ3) is 3.63. The van der Waals surface area contributed by atoms with Crippen molar-refractivity contribution >= 4 is 27.3 Å². The van der Waals surface area contributed by atoms with Gasteiger partial charge < -0.3 is 4.90 Å². The van der Waals surface area contributed by atoms with Crippen molar-refractivity contribution in [3.8, 4) is 0 Å². The van der Waals surface area contributed by atoms with Gasteiger partial charge in [-0.2, -0.15) is 4.31 Å². The van der Waals surface area contributed by atoms with E-state index in [0.717, 1.165) is 16.0 Å². The predicted octanol–water partition coefficient (Wildman–Crippen LogP) is 2.82. The number of amides is 1. The van der Waals surface area contributed by atoms with E-state index in [1.165, 1.54) is 15.6 Å². The highest BCUT2D eigenvalue weighted by molar-refractivity contribution is 7.89. The van der Waals surface area contributed by atoms with Crippen molar-refractivity contribution < 1.29 is 13.2 Å². The van der Waals surface area contributed by atoms with Crippen LogP contribution in [0.5, 0.6) is 0 Å². The summed E-state index contributed by atoms with van der Waals surface area (Å²) < 4.78 is 27.1. The fourth-order valence-electron chi connectivity index (χ4n) is 2.86. The molecular weight excluding hydrogens is 356 g/mol. The summed E-state index contributed by atoms with van der Waals surface area (Å²) in [6.07, 6.45) is 0. The van der Waals surface area contributed by atoms with Crippen LogP contribution in [0.1, 0.15) is 25.7 Å². The molecule has 1 fully saturated rings. The van der Waals surface area contributed by atoms with Gasteiger partial charge in [0.05, 0.1) is 9.77 Å². The maximum Gasteiger partial charge on any atom is 0.264 e. The van der Waals surface area contributed by atoms with E-state index in [2.05, 4.69) is 0 Å². The smallest absolute Gasteiger partial charge is 0.264 e. The zero-order valence-corrected chi connectivity index (χ0v) is 16.3. The van der Waals surface area contributed by atoms with E-state index >= 15 is 0 Å². The van der Waals surface area contributed by atoms with E-state index in [1.807, 2.05) is 39.0 Å². The number of rotatable bonds is 3. The van der Waals surface area contributed by atoms with Crippen molar-refractivity contribution in [2.45, 2.75) is 25.7 Å². The monoisotopic (exact) mass is 378 g/mol. The summed E-state index contributed by atoms with van der Waals surface area (Å²) in [7, 11) is -3.51. The molecule has 2 heterocycles. The third-order valence-corrected chi connectivity index (χ3v) is 7.48. The average Bonchev–Trinajstić information content (AvgIpc) is 3.03. The SMILES string of the molecule is Cc1ccc(C(=O)N2CCN(S(=O)(=O)c3ccc(C)c(C)c3)CC2)s1. The molecule has 0 spiro atoms. The van der Waals surface area contributed by atoms with Crippen LogP contribution in [0.2, 0.25) is 0 Å². The summed E-state index contributed by atoms with van der Waals surface area (Å²) in [6.45, 7) is 7.32. The Morgan fingerprint density at radius 3 is 2.20 bits per heavy atom. The molecule has 5 nitrogen and oxygen atoms in total. The maximum absolute atomic E-state index is 12.8. The lowest BCUT2D eigenvalue weighted by Crippen LogP contribution is -2.50. The van der Waals surface area contributed by atoms with Gasteiger partial charge in [-0.05, 0) is 56.2 Å². The lowest BCUT2D eigenvalue weighted by molar-refractivity contribution is 0.0703. The van der Waals surface area contributed by atoms with E-state index in [4.69, 9.17) is 0 Å². The second kappa shape index (κ2) is 6.90. The van der Waals surface area contributed by atoms with E-state index in [-0.39, 0.29) is 5.91 Å². The molecule has 1 aromatic heterocycles. The lowest BCUT2D eigenvalue weighted by Gasteiger charge is -2.33. The van der Waals surface area contributed by atoms with Gasteiger partial charge >= 0.3 is 0 Å². The van der Waals surface area contributed by atoms with Gasteiger partial charge in [-0.25, -0.2) is 8.42 Å². The molecule has 1 amide bonds. The summed E-state index contributed by atoms with van der Waals surface area (Å²) in [5, 5.41) is 0. The summed E-state index contributed by atoms with van der Waals surface area (Å²) >= 11 is 1.47. The number of carbonyl (C=O) groups excluding carboxylic acids is 1. The maximum atomic E-state index is 12.8. The number of aryl methyl sites for hydroxylation is 3. The first-order chi connectivity index (χ1) is 11.8. The molecule has 25 heavy (non-hydrogen) atoms. The molecular formula is C18H22N2O3S2. The molecule has 7 heteroatoms. The first-order valence-electron chi connectivity index (χ1n) is 8.22. The predicted molar refractivity (Wildman–Crippen MR) is 99.6 cm³/mol. The number of hydrogen-bond acceptors (Lipinski definition) is 4. The van der Waals surface area contributed by atoms with E-state index in [0.29, 0.717) is 36.0 Å². The van der Waals surface area contributed by atoms with E-state index in [1.54, 1.807) is 17.0 Å². The first kappa shape index (κ1) is 18.1. The van der Waals surface area contributed by atoms with Gasteiger partial charge in [-0.1, -0.05) is 6.07 Å². The van der Waals surface area contributed by atoms with Gasteiger partial charge in [0.2, 0.25) is 10.0 Å². The largest absolute Gasteiger partial charge is 0.335 e. The molecule has 0 unspecified atom stereocenters. The van der Waals surface area contributed by atoms with Crippen molar-refractivity contribution in [1.29, 1.82) is 0 Å². The molecule has 1 aromatic carbocycles. The van der Waals surface area contributed by atoms with Crippen LogP contribution in [0.15, 0.2) is 35.2 Å². The minimum absolute atomic E-state index is 0.0127. The number of carbonyl (C=O) groups is 1. The third-order valence-electron chi connectivity index (χ3n) is 4.59. The standard InChI is InChI=1S/C18H22N2O3S2/c1-13-4-6-16(12-14(13)2)25(22,23)20-10-8-19(9-11-20)18(21)17-7-5-15(3)24-17/h4-7,12H,8-11H2,1-3H3. The highest BCUT2D eigenvalue weighted by Gasteiger charge is 2.30. The second-order valence-corrected chi connectivity index (χ2v) is 9.58. The quantitative estimate of drug-likeness (QED) is 0.825. The Bertz CT molecular complexity index is 895. The van der Waals surface area contributed by atoms with E-state index in [9.17, 15) is 13.2 Å². The van der Waals surface area contributed by atoms with Crippen LogP contribution < -0.4 is 0 Å². The van der Waals surface area contributed by atoms with Gasteiger partial charge in [0.1, 0.15) is 0 Å². The summed E-state index contributed by atoms with van der Waals surface area (Å²) in [4.78, 5) is 16.4. The summed E-state index contributed by atoms with van der Waals surface area (Å²) in [5.74, 6) is -0.0127. The Labute approximate surface area is 152 Å². The Hall–Kier alpha value is -1.70. The number of benzene rings is 1. The Morgan fingerprint density at radius 1 is 0.960 bits per heavy atom. The van der Waals surface area contributed by atoms with Crippen LogP contribution >= 0.6 is 11.3 Å². The molecule has 0 saturated carbocycles. The summed E-state index contributed by atoms with van der Waals surface area (Å²) in [5.41, 5.74) is 2.03. The number of thiophene rings is 1. The average molecular weight is 379 g/mol. The Morgan fingerprint density at radius 2 is 1.64 bits per heavy atom. The van der Waals surface area contributed by atoms with Crippen molar-refractivity contribution in [2.75, 3.05) is 26.2 Å². The van der Waals surface area contributed by atoms with Crippen LogP contribution in [-0.2, 0) is 10.0 Å². The van der Waals surface area contributed by atoms with Crippen LogP contribution in [0.25, 0.3) is 0 Å². The zero-order chi connectivity index (χ0) is 18.2. The fraction of sp³-hybridized carbons (Fsp3) is 0.389. The van der Waals surface area contributed by atoms with Crippen LogP contribution in [0.4, 0.5) is 0 Å². The van der Waals surface area contributed by atoms with Gasteiger partial charge in [-0.15, -0.1) is 11.3 Å². The molecule has 1 saturated heterocycles. The fourth-order valence-corrected chi connectivity index (χ4v) is 5.20. The molecule has 0 N–H and O–H groups in total. The lowest BCUT2D eigenvalue weighted by atomic mass is 10.1. The first-order valence-corrected chi connectivity index (χ1v) is 10.5. The molecule has 1 aliphatic rings. The van der Waals surface area contributed by atoms with Crippen molar-refractivity contribution in [3.63, 3.8) is 0 Å². The molecule has 0 atom stereocenters. The molecule has 0 bridgehead atoms. The van der Waals surface area contributed by atoms with Gasteiger partial charge in [-0.3, -0.25) is 4.79 Å². The Balaban J connectivity index is 1.71. The van der Waals surface area contributed by atoms with Crippen molar-refractivity contribution in [1.82, 2.24) is 9.21 Å². The van der Waals surface area contributed by atoms with Gasteiger partial charge in [0.25, 0.3) is 5.91 Å². The molecule has 1 aliphatic heterocycles. The topological polar surface area (TPSA) is 57.7 Å². The van der Waals surface area contributed by atoms with Crippen molar-refractivity contribution in [2.24, 2.45) is 0 Å². The second-order valence-electron chi connectivity index (χ2n) is 6.35. The van der Waals surface area contributed by atoms with Crippen LogP contribution in [0, 0.1) is 20.8 Å². The summed E-state index contributed by atoms with van der Waals surface area (Å²) in [6, 6.07) is 8.97. The molecule has 0 radical (unpaired) electrons. The number of sulfonamides is 1.